The number of carbonyl (C=O) groups is 1. The molecular formula is C21H18N4O2S. The maximum Gasteiger partial charge on any atom is 0.274 e. The van der Waals surface area contributed by atoms with Crippen LogP contribution in [0.5, 0.6) is 0 Å². The topological polar surface area (TPSA) is 76.9 Å². The highest BCUT2D eigenvalue weighted by Crippen LogP contribution is 2.23. The molecule has 0 unspecified atom stereocenters. The largest absolute Gasteiger partial charge is 0.345 e. The summed E-state index contributed by atoms with van der Waals surface area (Å²) in [5.41, 5.74) is 1.88. The fraction of sp³-hybridized carbons (Fsp3) is 0.143. The van der Waals surface area contributed by atoms with Crippen molar-refractivity contribution in [3.05, 3.63) is 81.7 Å². The van der Waals surface area contributed by atoms with Gasteiger partial charge < -0.3 is 5.32 Å². The van der Waals surface area contributed by atoms with E-state index >= 15 is 0 Å². The van der Waals surface area contributed by atoms with Crippen LogP contribution in [0.1, 0.15) is 23.1 Å². The van der Waals surface area contributed by atoms with E-state index in [0.717, 1.165) is 16.3 Å². The molecule has 7 heteroatoms. The van der Waals surface area contributed by atoms with Gasteiger partial charge in [0.2, 0.25) is 0 Å². The number of aromatic nitrogens is 3. The van der Waals surface area contributed by atoms with Crippen LogP contribution in [0.25, 0.3) is 21.3 Å². The lowest BCUT2D eigenvalue weighted by molar-refractivity contribution is 0.0945. The number of rotatable bonds is 5. The molecule has 0 atom stereocenters. The van der Waals surface area contributed by atoms with E-state index in [9.17, 15) is 9.59 Å². The SMILES string of the molecule is CCn1nc(C(=O)NCc2csc(-c3ccccc3)n2)c2ccccc2c1=O. The van der Waals surface area contributed by atoms with Crippen molar-refractivity contribution in [1.82, 2.24) is 20.1 Å². The molecule has 4 aromatic rings. The van der Waals surface area contributed by atoms with E-state index in [1.807, 2.05) is 42.6 Å². The maximum absolute atomic E-state index is 12.8. The maximum atomic E-state index is 12.8. The van der Waals surface area contributed by atoms with Crippen molar-refractivity contribution in [2.75, 3.05) is 0 Å². The molecule has 0 aliphatic heterocycles. The second kappa shape index (κ2) is 7.74. The van der Waals surface area contributed by atoms with E-state index in [2.05, 4.69) is 15.4 Å². The Bertz CT molecular complexity index is 1200. The van der Waals surface area contributed by atoms with Gasteiger partial charge in [-0.1, -0.05) is 48.5 Å². The predicted molar refractivity (Wildman–Crippen MR) is 110 cm³/mol. The Morgan fingerprint density at radius 2 is 1.79 bits per heavy atom. The van der Waals surface area contributed by atoms with Crippen LogP contribution in [0, 0.1) is 0 Å². The van der Waals surface area contributed by atoms with E-state index in [-0.39, 0.29) is 17.2 Å². The highest BCUT2D eigenvalue weighted by atomic mass is 32.1. The number of amides is 1. The smallest absolute Gasteiger partial charge is 0.274 e. The normalized spacial score (nSPS) is 10.9. The Labute approximate surface area is 165 Å². The zero-order chi connectivity index (χ0) is 19.5. The van der Waals surface area contributed by atoms with Gasteiger partial charge in [-0.3, -0.25) is 9.59 Å². The van der Waals surface area contributed by atoms with Crippen LogP contribution in [0.15, 0.2) is 64.8 Å². The molecule has 0 aliphatic rings. The molecule has 28 heavy (non-hydrogen) atoms. The third kappa shape index (κ3) is 3.44. The van der Waals surface area contributed by atoms with Crippen molar-refractivity contribution in [2.24, 2.45) is 0 Å². The first-order valence-electron chi connectivity index (χ1n) is 8.95. The molecular weight excluding hydrogens is 372 g/mol. The Morgan fingerprint density at radius 3 is 2.54 bits per heavy atom. The summed E-state index contributed by atoms with van der Waals surface area (Å²) in [4.78, 5) is 29.8. The molecule has 0 aliphatic carbocycles. The van der Waals surface area contributed by atoms with Gasteiger partial charge in [-0.25, -0.2) is 9.67 Å². The van der Waals surface area contributed by atoms with Crippen molar-refractivity contribution in [3.63, 3.8) is 0 Å². The first-order valence-corrected chi connectivity index (χ1v) is 9.83. The van der Waals surface area contributed by atoms with Gasteiger partial charge in [0.15, 0.2) is 5.69 Å². The van der Waals surface area contributed by atoms with Crippen LogP contribution in [-0.4, -0.2) is 20.7 Å². The van der Waals surface area contributed by atoms with E-state index in [0.29, 0.717) is 23.9 Å². The minimum absolute atomic E-state index is 0.193. The number of nitrogens with zero attached hydrogens (tertiary/aromatic N) is 3. The van der Waals surface area contributed by atoms with Crippen LogP contribution < -0.4 is 10.9 Å². The number of nitrogens with one attached hydrogen (secondary N) is 1. The average molecular weight is 390 g/mol. The third-order valence-corrected chi connectivity index (χ3v) is 5.33. The summed E-state index contributed by atoms with van der Waals surface area (Å²) in [5, 5.41) is 11.0. The van der Waals surface area contributed by atoms with Crippen molar-refractivity contribution in [3.8, 4) is 10.6 Å². The molecule has 4 rings (SSSR count). The number of thiazole rings is 1. The third-order valence-electron chi connectivity index (χ3n) is 4.38. The quantitative estimate of drug-likeness (QED) is 0.566. The van der Waals surface area contributed by atoms with Crippen LogP contribution in [0.4, 0.5) is 0 Å². The fourth-order valence-corrected chi connectivity index (χ4v) is 3.80. The highest BCUT2D eigenvalue weighted by Gasteiger charge is 2.16. The molecule has 0 saturated carbocycles. The highest BCUT2D eigenvalue weighted by molar-refractivity contribution is 7.13. The second-order valence-electron chi connectivity index (χ2n) is 6.21. The van der Waals surface area contributed by atoms with Gasteiger partial charge in [-0.2, -0.15) is 5.10 Å². The fourth-order valence-electron chi connectivity index (χ4n) is 2.97. The average Bonchev–Trinajstić information content (AvgIpc) is 3.22. The minimum atomic E-state index is -0.326. The molecule has 2 heterocycles. The summed E-state index contributed by atoms with van der Waals surface area (Å²) in [6.07, 6.45) is 0. The Morgan fingerprint density at radius 1 is 1.07 bits per heavy atom. The lowest BCUT2D eigenvalue weighted by Crippen LogP contribution is -2.30. The van der Waals surface area contributed by atoms with Gasteiger partial charge >= 0.3 is 0 Å². The zero-order valence-corrected chi connectivity index (χ0v) is 16.1. The van der Waals surface area contributed by atoms with E-state index < -0.39 is 0 Å². The number of fused-ring (bicyclic) bond motifs is 1. The molecule has 0 saturated heterocycles. The summed E-state index contributed by atoms with van der Waals surface area (Å²) < 4.78 is 1.31. The van der Waals surface area contributed by atoms with Gasteiger partial charge in [0.05, 0.1) is 17.6 Å². The Kier molecular flexibility index (Phi) is 4.99. The number of hydrogen-bond acceptors (Lipinski definition) is 5. The molecule has 1 amide bonds. The zero-order valence-electron chi connectivity index (χ0n) is 15.3. The van der Waals surface area contributed by atoms with Gasteiger partial charge in [-0.15, -0.1) is 11.3 Å². The first kappa shape index (κ1) is 18.1. The number of hydrogen-bond donors (Lipinski definition) is 1. The molecule has 0 spiro atoms. The van der Waals surface area contributed by atoms with Gasteiger partial charge in [-0.05, 0) is 13.0 Å². The summed E-state index contributed by atoms with van der Waals surface area (Å²) >= 11 is 1.54. The molecule has 2 aromatic heterocycles. The summed E-state index contributed by atoms with van der Waals surface area (Å²) in [6.45, 7) is 2.52. The molecule has 140 valence electrons. The number of carbonyl (C=O) groups excluding carboxylic acids is 1. The minimum Gasteiger partial charge on any atom is -0.345 e. The molecule has 6 nitrogen and oxygen atoms in total. The molecule has 0 fully saturated rings. The molecule has 1 N–H and O–H groups in total. The molecule has 2 aromatic carbocycles. The standard InChI is InChI=1S/C21H18N4O2S/c1-2-25-21(27)17-11-7-6-10-16(17)18(24-25)19(26)22-12-15-13-28-20(23-15)14-8-4-3-5-9-14/h3-11,13H,2,12H2,1H3,(H,22,26). The predicted octanol–water partition coefficient (Wildman–Crippen LogP) is 3.47. The number of benzene rings is 2. The lowest BCUT2D eigenvalue weighted by Gasteiger charge is -2.09. The molecule has 0 radical (unpaired) electrons. The van der Waals surface area contributed by atoms with Gasteiger partial charge in [0.1, 0.15) is 5.01 Å². The monoisotopic (exact) mass is 390 g/mol. The second-order valence-corrected chi connectivity index (χ2v) is 7.07. The lowest BCUT2D eigenvalue weighted by atomic mass is 10.1. The van der Waals surface area contributed by atoms with Crippen LogP contribution >= 0.6 is 11.3 Å². The van der Waals surface area contributed by atoms with Crippen molar-refractivity contribution in [1.29, 1.82) is 0 Å². The number of aryl methyl sites for hydroxylation is 1. The van der Waals surface area contributed by atoms with Crippen molar-refractivity contribution >= 4 is 28.0 Å². The Hall–Kier alpha value is -3.32. The van der Waals surface area contributed by atoms with E-state index in [4.69, 9.17) is 0 Å². The van der Waals surface area contributed by atoms with Crippen LogP contribution in [0.3, 0.4) is 0 Å². The van der Waals surface area contributed by atoms with Gasteiger partial charge in [0.25, 0.3) is 11.5 Å². The van der Waals surface area contributed by atoms with E-state index in [1.54, 1.807) is 24.3 Å². The van der Waals surface area contributed by atoms with E-state index in [1.165, 1.54) is 16.0 Å². The summed E-state index contributed by atoms with van der Waals surface area (Å²) in [5.74, 6) is -0.326. The van der Waals surface area contributed by atoms with Crippen LogP contribution in [-0.2, 0) is 13.1 Å². The first-order chi connectivity index (χ1) is 13.7. The molecule has 0 bridgehead atoms. The van der Waals surface area contributed by atoms with Crippen LogP contribution in [0.2, 0.25) is 0 Å². The summed E-state index contributed by atoms with van der Waals surface area (Å²) in [6, 6.07) is 17.0. The van der Waals surface area contributed by atoms with Crippen molar-refractivity contribution in [2.45, 2.75) is 20.0 Å². The Balaban J connectivity index is 1.57. The van der Waals surface area contributed by atoms with Crippen molar-refractivity contribution < 1.29 is 4.79 Å². The van der Waals surface area contributed by atoms with Gasteiger partial charge in [0, 0.05) is 22.9 Å². The summed E-state index contributed by atoms with van der Waals surface area (Å²) in [7, 11) is 0.